The van der Waals surface area contributed by atoms with Gasteiger partial charge in [0.25, 0.3) is 5.91 Å². The molecule has 2 atom stereocenters. The van der Waals surface area contributed by atoms with Crippen LogP contribution in [0.1, 0.15) is 97.1 Å². The highest BCUT2D eigenvalue weighted by molar-refractivity contribution is 7.14. The third-order valence-corrected chi connectivity index (χ3v) is 10.8. The quantitative estimate of drug-likeness (QED) is 0.0799. The van der Waals surface area contributed by atoms with Gasteiger partial charge in [0.15, 0.2) is 11.9 Å². The lowest BCUT2D eigenvalue weighted by Crippen LogP contribution is -2.50. The lowest BCUT2D eigenvalue weighted by molar-refractivity contribution is -0.144. The lowest BCUT2D eigenvalue weighted by Gasteiger charge is -2.23. The average molecular weight is 801 g/mol. The van der Waals surface area contributed by atoms with Crippen molar-refractivity contribution in [3.63, 3.8) is 0 Å². The SMILES string of the molecule is CCCCCCCOc1ccc(-c2cnc(-c3ccc(C[C@H](NC(=O)c4ccc(C(C)(C)C)s4)C(=O)NC(C(=O)O)c4ccccc4C(F)(F)F)cc3)nc2)cc1. The molecule has 2 aromatic heterocycles. The number of alkyl halides is 3. The molecule has 5 aromatic rings. The maximum atomic E-state index is 13.9. The summed E-state index contributed by atoms with van der Waals surface area (Å²) in [5.41, 5.74) is 0.966. The summed E-state index contributed by atoms with van der Waals surface area (Å²) in [5, 5.41) is 14.9. The fourth-order valence-electron chi connectivity index (χ4n) is 6.11. The van der Waals surface area contributed by atoms with Gasteiger partial charge in [-0.1, -0.05) is 108 Å². The summed E-state index contributed by atoms with van der Waals surface area (Å²) in [6.45, 7) is 8.86. The van der Waals surface area contributed by atoms with Gasteiger partial charge in [0, 0.05) is 34.8 Å². The van der Waals surface area contributed by atoms with E-state index in [1.807, 2.05) is 51.1 Å². The number of carbonyl (C=O) groups is 3. The molecule has 0 spiro atoms. The Bertz CT molecular complexity index is 2110. The fourth-order valence-corrected chi connectivity index (χ4v) is 7.08. The number of rotatable bonds is 17. The number of carboxylic acids is 1. The number of thiophene rings is 1. The van der Waals surface area contributed by atoms with Crippen LogP contribution in [-0.4, -0.2) is 45.5 Å². The summed E-state index contributed by atoms with van der Waals surface area (Å²) in [5.74, 6) is -1.98. The second-order valence-electron chi connectivity index (χ2n) is 14.8. The highest BCUT2D eigenvalue weighted by atomic mass is 32.1. The third kappa shape index (κ3) is 11.7. The fraction of sp³-hybridized carbons (Fsp3) is 0.341. The Morgan fingerprint density at radius 1 is 0.789 bits per heavy atom. The molecule has 0 fully saturated rings. The van der Waals surface area contributed by atoms with Gasteiger partial charge in [-0.2, -0.15) is 13.2 Å². The van der Waals surface area contributed by atoms with Crippen molar-refractivity contribution in [3.05, 3.63) is 124 Å². The molecule has 2 amide bonds. The molecule has 0 saturated heterocycles. The second-order valence-corrected chi connectivity index (χ2v) is 15.9. The predicted octanol–water partition coefficient (Wildman–Crippen LogP) is 9.82. The van der Waals surface area contributed by atoms with Gasteiger partial charge < -0.3 is 20.5 Å². The summed E-state index contributed by atoms with van der Waals surface area (Å²) in [7, 11) is 0. The zero-order chi connectivity index (χ0) is 41.2. The summed E-state index contributed by atoms with van der Waals surface area (Å²) in [6.07, 6.45) is 4.33. The largest absolute Gasteiger partial charge is 0.494 e. The number of carbonyl (C=O) groups excluding carboxylic acids is 2. The molecule has 0 radical (unpaired) electrons. The van der Waals surface area contributed by atoms with E-state index in [1.165, 1.54) is 36.7 Å². The van der Waals surface area contributed by atoms with Gasteiger partial charge in [0.1, 0.15) is 11.8 Å². The van der Waals surface area contributed by atoms with Crippen molar-refractivity contribution in [2.24, 2.45) is 0 Å². The maximum absolute atomic E-state index is 13.9. The van der Waals surface area contributed by atoms with Gasteiger partial charge in [-0.05, 0) is 58.9 Å². The Balaban J connectivity index is 1.31. The first kappa shape index (κ1) is 42.6. The van der Waals surface area contributed by atoms with Crippen molar-refractivity contribution in [1.29, 1.82) is 0 Å². The number of hydrogen-bond acceptors (Lipinski definition) is 7. The highest BCUT2D eigenvalue weighted by Crippen LogP contribution is 2.35. The van der Waals surface area contributed by atoms with E-state index in [9.17, 15) is 32.7 Å². The first-order valence-corrected chi connectivity index (χ1v) is 19.7. The molecule has 13 heteroatoms. The number of nitrogens with one attached hydrogen (secondary N) is 2. The van der Waals surface area contributed by atoms with Crippen molar-refractivity contribution >= 4 is 29.1 Å². The Labute approximate surface area is 334 Å². The average Bonchev–Trinajstić information content (AvgIpc) is 3.70. The van der Waals surface area contributed by atoms with Crippen molar-refractivity contribution in [2.45, 2.75) is 89.9 Å². The van der Waals surface area contributed by atoms with E-state index in [0.29, 0.717) is 28.4 Å². The van der Waals surface area contributed by atoms with E-state index < -0.39 is 47.2 Å². The van der Waals surface area contributed by atoms with Crippen LogP contribution in [0.2, 0.25) is 0 Å². The molecular weight excluding hydrogens is 754 g/mol. The third-order valence-electron chi connectivity index (χ3n) is 9.31. The zero-order valence-electron chi connectivity index (χ0n) is 32.4. The zero-order valence-corrected chi connectivity index (χ0v) is 33.2. The monoisotopic (exact) mass is 800 g/mol. The Kier molecular flexibility index (Phi) is 14.2. The van der Waals surface area contributed by atoms with Crippen molar-refractivity contribution < 1.29 is 37.4 Å². The molecule has 3 N–H and O–H groups in total. The Hall–Kier alpha value is -5.56. The molecular formula is C44H47F3N4O5S. The van der Waals surface area contributed by atoms with Gasteiger partial charge >= 0.3 is 12.1 Å². The first-order chi connectivity index (χ1) is 27.1. The molecule has 0 aliphatic carbocycles. The minimum Gasteiger partial charge on any atom is -0.494 e. The second kappa shape index (κ2) is 19.1. The molecule has 0 aliphatic rings. The molecule has 5 rings (SSSR count). The molecule has 57 heavy (non-hydrogen) atoms. The number of benzene rings is 3. The number of nitrogens with zero attached hydrogens (tertiary/aromatic N) is 2. The number of ether oxygens (including phenoxy) is 1. The predicted molar refractivity (Wildman–Crippen MR) is 215 cm³/mol. The maximum Gasteiger partial charge on any atom is 0.416 e. The standard InChI is InChI=1S/C44H47F3N4O5S/c1-5-6-7-8-11-24-56-32-20-18-29(19-21-32)31-26-48-39(49-27-31)30-16-14-28(15-17-30)25-35(50-41(53)36-22-23-37(57-36)43(2,3)4)40(52)51-38(42(54)55)33-12-9-10-13-34(33)44(45,46)47/h9-10,12-23,26-27,35,38H,5-8,11,24-25H2,1-4H3,(H,50,53)(H,51,52)(H,54,55)/t35-,38?/m0/s1. The number of hydrogen-bond donors (Lipinski definition) is 3. The number of halogens is 3. The van der Waals surface area contributed by atoms with Gasteiger partial charge in [-0.25, -0.2) is 14.8 Å². The van der Waals surface area contributed by atoms with Crippen LogP contribution in [0.5, 0.6) is 5.75 Å². The van der Waals surface area contributed by atoms with E-state index in [2.05, 4.69) is 27.5 Å². The number of aromatic nitrogens is 2. The van der Waals surface area contributed by atoms with Crippen LogP contribution >= 0.6 is 11.3 Å². The highest BCUT2D eigenvalue weighted by Gasteiger charge is 2.38. The van der Waals surface area contributed by atoms with Crippen LogP contribution in [-0.2, 0) is 27.6 Å². The molecule has 3 aromatic carbocycles. The first-order valence-electron chi connectivity index (χ1n) is 18.9. The molecule has 0 saturated carbocycles. The van der Waals surface area contributed by atoms with Crippen LogP contribution in [0.3, 0.4) is 0 Å². The van der Waals surface area contributed by atoms with Crippen molar-refractivity contribution in [3.8, 4) is 28.3 Å². The van der Waals surface area contributed by atoms with Crippen molar-refractivity contribution in [1.82, 2.24) is 20.6 Å². The van der Waals surface area contributed by atoms with Crippen LogP contribution in [0, 0.1) is 0 Å². The van der Waals surface area contributed by atoms with Crippen molar-refractivity contribution in [2.75, 3.05) is 6.61 Å². The topological polar surface area (TPSA) is 131 Å². The van der Waals surface area contributed by atoms with Crippen LogP contribution in [0.4, 0.5) is 13.2 Å². The van der Waals surface area contributed by atoms with Crippen LogP contribution in [0.15, 0.2) is 97.3 Å². The summed E-state index contributed by atoms with van der Waals surface area (Å²) in [6, 6.07) is 18.9. The normalized spacial score (nSPS) is 12.8. The molecule has 1 unspecified atom stereocenters. The molecule has 300 valence electrons. The summed E-state index contributed by atoms with van der Waals surface area (Å²) < 4.78 is 47.5. The van der Waals surface area contributed by atoms with Crippen LogP contribution < -0.4 is 15.4 Å². The van der Waals surface area contributed by atoms with E-state index >= 15 is 0 Å². The molecule has 0 bridgehead atoms. The molecule has 0 aliphatic heterocycles. The number of amides is 2. The van der Waals surface area contributed by atoms with E-state index in [4.69, 9.17) is 4.74 Å². The van der Waals surface area contributed by atoms with Gasteiger partial charge in [0.2, 0.25) is 5.91 Å². The lowest BCUT2D eigenvalue weighted by atomic mass is 9.95. The minimum absolute atomic E-state index is 0.0963. The molecule has 2 heterocycles. The van der Waals surface area contributed by atoms with Gasteiger partial charge in [-0.15, -0.1) is 11.3 Å². The van der Waals surface area contributed by atoms with Gasteiger partial charge in [0.05, 0.1) is 17.0 Å². The number of aliphatic carboxylic acids is 1. The van der Waals surface area contributed by atoms with E-state index in [1.54, 1.807) is 42.7 Å². The summed E-state index contributed by atoms with van der Waals surface area (Å²) in [4.78, 5) is 49.9. The van der Waals surface area contributed by atoms with Gasteiger partial charge in [-0.3, -0.25) is 9.59 Å². The summed E-state index contributed by atoms with van der Waals surface area (Å²) >= 11 is 1.25. The number of carboxylic acid groups (broad SMARTS) is 1. The van der Waals surface area contributed by atoms with E-state index in [0.717, 1.165) is 52.8 Å². The molecule has 9 nitrogen and oxygen atoms in total. The minimum atomic E-state index is -4.87. The van der Waals surface area contributed by atoms with E-state index in [-0.39, 0.29) is 11.8 Å². The Morgan fingerprint density at radius 2 is 1.44 bits per heavy atom. The number of unbranched alkanes of at least 4 members (excludes halogenated alkanes) is 4. The smallest absolute Gasteiger partial charge is 0.416 e. The Morgan fingerprint density at radius 3 is 2.05 bits per heavy atom. The van der Waals surface area contributed by atoms with Crippen LogP contribution in [0.25, 0.3) is 22.5 Å².